The number of nitrogens with zero attached hydrogens (tertiary/aromatic N) is 1. The molecule has 0 aliphatic rings. The van der Waals surface area contributed by atoms with Gasteiger partial charge in [0.1, 0.15) is 18.2 Å². The van der Waals surface area contributed by atoms with Gasteiger partial charge in [-0.2, -0.15) is 0 Å². The second-order valence-electron chi connectivity index (χ2n) is 5.66. The summed E-state index contributed by atoms with van der Waals surface area (Å²) in [6.45, 7) is 0.807. The molecule has 0 aliphatic heterocycles. The first-order chi connectivity index (χ1) is 12.2. The number of amides is 1. The number of hydrogen-bond acceptors (Lipinski definition) is 5. The fraction of sp³-hybridized carbons (Fsp3) is 0.235. The highest BCUT2D eigenvalue weighted by Crippen LogP contribution is 2.14. The Morgan fingerprint density at radius 1 is 1.23 bits per heavy atom. The SMILES string of the molecule is CN(CCOc1cccc(F)c1)CC(=O)Nc1cccc(S(N)(=O)=O)c1. The first-order valence-corrected chi connectivity index (χ1v) is 9.28. The van der Waals surface area contributed by atoms with Crippen molar-refractivity contribution in [3.8, 4) is 5.75 Å². The zero-order valence-corrected chi connectivity index (χ0v) is 15.0. The summed E-state index contributed by atoms with van der Waals surface area (Å²) in [4.78, 5) is 13.7. The Hall–Kier alpha value is -2.49. The molecule has 1 amide bonds. The van der Waals surface area contributed by atoms with Crippen molar-refractivity contribution in [3.05, 3.63) is 54.3 Å². The van der Waals surface area contributed by atoms with Gasteiger partial charge in [-0.3, -0.25) is 9.69 Å². The third-order valence-corrected chi connectivity index (χ3v) is 4.31. The fourth-order valence-corrected chi connectivity index (χ4v) is 2.71. The van der Waals surface area contributed by atoms with E-state index in [9.17, 15) is 17.6 Å². The summed E-state index contributed by atoms with van der Waals surface area (Å²) in [5, 5.41) is 7.67. The van der Waals surface area contributed by atoms with Crippen LogP contribution in [0.5, 0.6) is 5.75 Å². The molecule has 0 spiro atoms. The van der Waals surface area contributed by atoms with Crippen LogP contribution in [0.2, 0.25) is 0 Å². The normalized spacial score (nSPS) is 11.4. The molecule has 0 atom stereocenters. The summed E-state index contributed by atoms with van der Waals surface area (Å²) in [6, 6.07) is 11.5. The molecule has 0 bridgehead atoms. The Morgan fingerprint density at radius 3 is 2.65 bits per heavy atom. The minimum absolute atomic E-state index is 0.0755. The van der Waals surface area contributed by atoms with Crippen LogP contribution in [0.4, 0.5) is 10.1 Å². The third-order valence-electron chi connectivity index (χ3n) is 3.40. The molecular weight excluding hydrogens is 361 g/mol. The van der Waals surface area contributed by atoms with Crippen LogP contribution < -0.4 is 15.2 Å². The molecule has 3 N–H and O–H groups in total. The number of carbonyl (C=O) groups is 1. The number of nitrogens with two attached hydrogens (primary N) is 1. The van der Waals surface area contributed by atoms with Crippen LogP contribution in [0.3, 0.4) is 0 Å². The van der Waals surface area contributed by atoms with Crippen molar-refractivity contribution in [3.63, 3.8) is 0 Å². The highest BCUT2D eigenvalue weighted by atomic mass is 32.2. The van der Waals surface area contributed by atoms with E-state index in [-0.39, 0.29) is 29.8 Å². The molecule has 0 saturated heterocycles. The Morgan fingerprint density at radius 2 is 1.96 bits per heavy atom. The summed E-state index contributed by atoms with van der Waals surface area (Å²) in [7, 11) is -2.10. The molecule has 0 heterocycles. The first kappa shape index (κ1) is 19.8. The lowest BCUT2D eigenvalue weighted by molar-refractivity contribution is -0.117. The largest absolute Gasteiger partial charge is 0.492 e. The number of benzene rings is 2. The number of sulfonamides is 1. The highest BCUT2D eigenvalue weighted by molar-refractivity contribution is 7.89. The Kier molecular flexibility index (Phi) is 6.67. The molecule has 2 rings (SSSR count). The first-order valence-electron chi connectivity index (χ1n) is 7.74. The van der Waals surface area contributed by atoms with Crippen molar-refractivity contribution < 1.29 is 22.3 Å². The topological polar surface area (TPSA) is 102 Å². The van der Waals surface area contributed by atoms with Crippen LogP contribution >= 0.6 is 0 Å². The smallest absolute Gasteiger partial charge is 0.238 e. The molecule has 26 heavy (non-hydrogen) atoms. The molecule has 0 aliphatic carbocycles. The zero-order chi connectivity index (χ0) is 19.2. The number of rotatable bonds is 8. The quantitative estimate of drug-likeness (QED) is 0.720. The molecule has 9 heteroatoms. The van der Waals surface area contributed by atoms with Crippen molar-refractivity contribution in [1.82, 2.24) is 4.90 Å². The predicted molar refractivity (Wildman–Crippen MR) is 95.8 cm³/mol. The van der Waals surface area contributed by atoms with Crippen LogP contribution in [-0.2, 0) is 14.8 Å². The lowest BCUT2D eigenvalue weighted by Crippen LogP contribution is -2.33. The zero-order valence-electron chi connectivity index (χ0n) is 14.2. The van der Waals surface area contributed by atoms with Crippen molar-refractivity contribution >= 4 is 21.6 Å². The average molecular weight is 381 g/mol. The van der Waals surface area contributed by atoms with Crippen LogP contribution in [0, 0.1) is 5.82 Å². The highest BCUT2D eigenvalue weighted by Gasteiger charge is 2.11. The number of nitrogens with one attached hydrogen (secondary N) is 1. The maximum atomic E-state index is 13.0. The van der Waals surface area contributed by atoms with E-state index in [0.29, 0.717) is 18.0 Å². The van der Waals surface area contributed by atoms with Gasteiger partial charge in [-0.05, 0) is 37.4 Å². The van der Waals surface area contributed by atoms with Gasteiger partial charge >= 0.3 is 0 Å². The van der Waals surface area contributed by atoms with Crippen molar-refractivity contribution in [2.24, 2.45) is 5.14 Å². The maximum absolute atomic E-state index is 13.0. The standard InChI is InChI=1S/C17H20FN3O4S/c1-21(8-9-25-15-6-2-4-13(18)10-15)12-17(22)20-14-5-3-7-16(11-14)26(19,23)24/h2-7,10-11H,8-9,12H2,1H3,(H,20,22)(H2,19,23,24). The molecule has 140 valence electrons. The monoisotopic (exact) mass is 381 g/mol. The summed E-state index contributed by atoms with van der Waals surface area (Å²) < 4.78 is 41.1. The van der Waals surface area contributed by atoms with Gasteiger partial charge in [0.15, 0.2) is 0 Å². The van der Waals surface area contributed by atoms with Gasteiger partial charge in [-0.25, -0.2) is 17.9 Å². The summed E-state index contributed by atoms with van der Waals surface area (Å²) in [5.74, 6) is -0.274. The maximum Gasteiger partial charge on any atom is 0.238 e. The number of primary sulfonamides is 1. The fourth-order valence-electron chi connectivity index (χ4n) is 2.15. The van der Waals surface area contributed by atoms with Gasteiger partial charge in [-0.1, -0.05) is 12.1 Å². The second-order valence-corrected chi connectivity index (χ2v) is 7.23. The number of halogens is 1. The number of hydrogen-bond donors (Lipinski definition) is 2. The Labute approximate surface area is 151 Å². The molecular formula is C17H20FN3O4S. The van der Waals surface area contributed by atoms with Gasteiger partial charge < -0.3 is 10.1 Å². The molecule has 0 fully saturated rings. The van der Waals surface area contributed by atoms with Crippen LogP contribution in [-0.4, -0.2) is 46.0 Å². The van der Waals surface area contributed by atoms with E-state index in [4.69, 9.17) is 9.88 Å². The second kappa shape index (κ2) is 8.75. The minimum atomic E-state index is -3.83. The lowest BCUT2D eigenvalue weighted by atomic mass is 10.3. The molecule has 0 radical (unpaired) electrons. The summed E-state index contributed by atoms with van der Waals surface area (Å²) in [6.07, 6.45) is 0. The molecule has 0 unspecified atom stereocenters. The molecule has 2 aromatic carbocycles. The summed E-state index contributed by atoms with van der Waals surface area (Å²) in [5.41, 5.74) is 0.339. The molecule has 0 aromatic heterocycles. The van der Waals surface area contributed by atoms with E-state index < -0.39 is 10.0 Å². The van der Waals surface area contributed by atoms with Crippen molar-refractivity contribution in [2.75, 3.05) is 32.1 Å². The van der Waals surface area contributed by atoms with Gasteiger partial charge in [0, 0.05) is 18.3 Å². The molecule has 2 aromatic rings. The number of ether oxygens (including phenoxy) is 1. The van der Waals surface area contributed by atoms with Gasteiger partial charge in [0.05, 0.1) is 11.4 Å². The van der Waals surface area contributed by atoms with Crippen LogP contribution in [0.1, 0.15) is 0 Å². The van der Waals surface area contributed by atoms with Crippen molar-refractivity contribution in [1.29, 1.82) is 0 Å². The van der Waals surface area contributed by atoms with E-state index in [1.54, 1.807) is 30.1 Å². The summed E-state index contributed by atoms with van der Waals surface area (Å²) >= 11 is 0. The van der Waals surface area contributed by atoms with Gasteiger partial charge in [-0.15, -0.1) is 0 Å². The number of anilines is 1. The van der Waals surface area contributed by atoms with E-state index in [1.807, 2.05) is 0 Å². The van der Waals surface area contributed by atoms with Crippen LogP contribution in [0.15, 0.2) is 53.4 Å². The van der Waals surface area contributed by atoms with E-state index >= 15 is 0 Å². The predicted octanol–water partition coefficient (Wildman–Crippen LogP) is 1.42. The number of likely N-dealkylation sites (N-methyl/N-ethyl adjacent to an activating group) is 1. The average Bonchev–Trinajstić information content (AvgIpc) is 2.54. The van der Waals surface area contributed by atoms with Gasteiger partial charge in [0.25, 0.3) is 0 Å². The van der Waals surface area contributed by atoms with Crippen molar-refractivity contribution in [2.45, 2.75) is 4.90 Å². The van der Waals surface area contributed by atoms with E-state index in [2.05, 4.69) is 5.32 Å². The number of carbonyl (C=O) groups excluding carboxylic acids is 1. The van der Waals surface area contributed by atoms with E-state index in [1.165, 1.54) is 30.3 Å². The minimum Gasteiger partial charge on any atom is -0.492 e. The molecule has 0 saturated carbocycles. The Balaban J connectivity index is 1.80. The lowest BCUT2D eigenvalue weighted by Gasteiger charge is -2.17. The molecule has 7 nitrogen and oxygen atoms in total. The third kappa shape index (κ3) is 6.43. The van der Waals surface area contributed by atoms with Crippen LogP contribution in [0.25, 0.3) is 0 Å². The van der Waals surface area contributed by atoms with E-state index in [0.717, 1.165) is 0 Å². The van der Waals surface area contributed by atoms with Gasteiger partial charge in [0.2, 0.25) is 15.9 Å². The Bertz CT molecular complexity index is 874.